The van der Waals surface area contributed by atoms with Crippen molar-refractivity contribution in [1.29, 1.82) is 0 Å². The number of carbonyl (C=O) groups excluding carboxylic acids is 1. The molecule has 2 aromatic rings. The van der Waals surface area contributed by atoms with E-state index in [1.165, 1.54) is 5.56 Å². The van der Waals surface area contributed by atoms with Crippen LogP contribution in [0.3, 0.4) is 0 Å². The normalized spacial score (nSPS) is 18.7. The van der Waals surface area contributed by atoms with Gasteiger partial charge in [-0.1, -0.05) is 35.4 Å². The van der Waals surface area contributed by atoms with Gasteiger partial charge in [0.15, 0.2) is 0 Å². The number of amides is 1. The van der Waals surface area contributed by atoms with Crippen LogP contribution >= 0.6 is 11.6 Å². The molecular formula is C20H20ClNO2. The number of benzene rings is 2. The number of fused-ring (bicyclic) bond motifs is 1. The summed E-state index contributed by atoms with van der Waals surface area (Å²) in [6, 6.07) is 13.1. The SMILES string of the molecule is Cc1ccc2c(c1)C=CC(C)(CN(C)C(=O)c1cccc(Cl)c1)O2. The second kappa shape index (κ2) is 6.33. The monoisotopic (exact) mass is 341 g/mol. The number of aryl methyl sites for hydroxylation is 1. The van der Waals surface area contributed by atoms with Crippen molar-refractivity contribution >= 4 is 23.6 Å². The van der Waals surface area contributed by atoms with Crippen molar-refractivity contribution < 1.29 is 9.53 Å². The molecule has 3 nitrogen and oxygen atoms in total. The minimum atomic E-state index is -0.564. The van der Waals surface area contributed by atoms with Gasteiger partial charge in [0.1, 0.15) is 11.4 Å². The highest BCUT2D eigenvalue weighted by Gasteiger charge is 2.30. The largest absolute Gasteiger partial charge is 0.481 e. The van der Waals surface area contributed by atoms with Crippen molar-refractivity contribution in [2.75, 3.05) is 13.6 Å². The molecule has 0 bridgehead atoms. The first-order valence-corrected chi connectivity index (χ1v) is 8.24. The van der Waals surface area contributed by atoms with Gasteiger partial charge in [0.2, 0.25) is 0 Å². The van der Waals surface area contributed by atoms with E-state index in [1.807, 2.05) is 25.1 Å². The van der Waals surface area contributed by atoms with Crippen LogP contribution in [0.4, 0.5) is 0 Å². The summed E-state index contributed by atoms with van der Waals surface area (Å²) >= 11 is 5.98. The van der Waals surface area contributed by atoms with Crippen LogP contribution < -0.4 is 4.74 Å². The lowest BCUT2D eigenvalue weighted by Gasteiger charge is -2.35. The van der Waals surface area contributed by atoms with Crippen molar-refractivity contribution in [3.8, 4) is 5.75 Å². The van der Waals surface area contributed by atoms with E-state index in [-0.39, 0.29) is 5.91 Å². The average molecular weight is 342 g/mol. The van der Waals surface area contributed by atoms with Gasteiger partial charge in [-0.15, -0.1) is 0 Å². The van der Waals surface area contributed by atoms with Gasteiger partial charge < -0.3 is 9.64 Å². The molecule has 124 valence electrons. The lowest BCUT2D eigenvalue weighted by Crippen LogP contribution is -2.45. The molecule has 1 aliphatic rings. The molecule has 1 aliphatic heterocycles. The van der Waals surface area contributed by atoms with Gasteiger partial charge in [-0.3, -0.25) is 4.79 Å². The fraction of sp³-hybridized carbons (Fsp3) is 0.250. The van der Waals surface area contributed by atoms with Crippen molar-refractivity contribution in [2.24, 2.45) is 0 Å². The molecule has 0 fully saturated rings. The van der Waals surface area contributed by atoms with Crippen LogP contribution in [0.2, 0.25) is 5.02 Å². The second-order valence-corrected chi connectivity index (χ2v) is 6.90. The third-order valence-corrected chi connectivity index (χ3v) is 4.33. The second-order valence-electron chi connectivity index (χ2n) is 6.46. The zero-order valence-electron chi connectivity index (χ0n) is 14.0. The molecule has 1 unspecified atom stereocenters. The summed E-state index contributed by atoms with van der Waals surface area (Å²) in [6.45, 7) is 4.48. The van der Waals surface area contributed by atoms with E-state index in [2.05, 4.69) is 19.1 Å². The summed E-state index contributed by atoms with van der Waals surface area (Å²) in [5.41, 5.74) is 2.27. The molecule has 0 aromatic heterocycles. The quantitative estimate of drug-likeness (QED) is 0.817. The Morgan fingerprint density at radius 1 is 1.25 bits per heavy atom. The van der Waals surface area contributed by atoms with E-state index in [9.17, 15) is 4.79 Å². The number of nitrogens with zero attached hydrogens (tertiary/aromatic N) is 1. The minimum absolute atomic E-state index is 0.0783. The van der Waals surface area contributed by atoms with Gasteiger partial charge >= 0.3 is 0 Å². The highest BCUT2D eigenvalue weighted by Crippen LogP contribution is 2.32. The summed E-state index contributed by atoms with van der Waals surface area (Å²) < 4.78 is 6.15. The Morgan fingerprint density at radius 3 is 2.79 bits per heavy atom. The van der Waals surface area contributed by atoms with Crippen molar-refractivity contribution in [1.82, 2.24) is 4.90 Å². The van der Waals surface area contributed by atoms with E-state index in [4.69, 9.17) is 16.3 Å². The zero-order chi connectivity index (χ0) is 17.3. The third kappa shape index (κ3) is 3.46. The van der Waals surface area contributed by atoms with Gasteiger partial charge in [0.05, 0.1) is 6.54 Å². The molecule has 0 saturated carbocycles. The third-order valence-electron chi connectivity index (χ3n) is 4.09. The fourth-order valence-corrected chi connectivity index (χ4v) is 3.10. The van der Waals surface area contributed by atoms with Crippen LogP contribution in [0.1, 0.15) is 28.4 Å². The van der Waals surface area contributed by atoms with Gasteiger partial charge in [-0.25, -0.2) is 0 Å². The lowest BCUT2D eigenvalue weighted by molar-refractivity contribution is 0.0603. The predicted molar refractivity (Wildman–Crippen MR) is 97.7 cm³/mol. The van der Waals surface area contributed by atoms with Crippen LogP contribution in [0.15, 0.2) is 48.5 Å². The highest BCUT2D eigenvalue weighted by atomic mass is 35.5. The Bertz CT molecular complexity index is 815. The smallest absolute Gasteiger partial charge is 0.253 e. The summed E-state index contributed by atoms with van der Waals surface area (Å²) in [5.74, 6) is 0.764. The summed E-state index contributed by atoms with van der Waals surface area (Å²) in [4.78, 5) is 14.3. The van der Waals surface area contributed by atoms with E-state index in [0.29, 0.717) is 17.1 Å². The number of rotatable bonds is 3. The molecular weight excluding hydrogens is 322 g/mol. The number of halogens is 1. The van der Waals surface area contributed by atoms with Crippen LogP contribution in [0, 0.1) is 6.92 Å². The topological polar surface area (TPSA) is 29.5 Å². The van der Waals surface area contributed by atoms with E-state index < -0.39 is 5.60 Å². The molecule has 4 heteroatoms. The lowest BCUT2D eigenvalue weighted by atomic mass is 9.98. The van der Waals surface area contributed by atoms with Crippen molar-refractivity contribution in [2.45, 2.75) is 19.4 Å². The Morgan fingerprint density at radius 2 is 2.04 bits per heavy atom. The Hall–Kier alpha value is -2.26. The molecule has 2 aromatic carbocycles. The summed E-state index contributed by atoms with van der Waals surface area (Å²) in [7, 11) is 1.77. The molecule has 1 atom stereocenters. The molecule has 0 saturated heterocycles. The van der Waals surface area contributed by atoms with Crippen LogP contribution in [-0.2, 0) is 0 Å². The maximum absolute atomic E-state index is 12.6. The van der Waals surface area contributed by atoms with Crippen molar-refractivity contribution in [3.05, 3.63) is 70.3 Å². The Kier molecular flexibility index (Phi) is 4.37. The first-order valence-electron chi connectivity index (χ1n) is 7.86. The average Bonchev–Trinajstić information content (AvgIpc) is 2.54. The van der Waals surface area contributed by atoms with Gasteiger partial charge in [-0.05, 0) is 50.3 Å². The molecule has 0 spiro atoms. The van der Waals surface area contributed by atoms with Gasteiger partial charge in [0, 0.05) is 23.2 Å². The Balaban J connectivity index is 1.76. The molecule has 0 radical (unpaired) electrons. The first kappa shape index (κ1) is 16.6. The van der Waals surface area contributed by atoms with E-state index in [1.54, 1.807) is 36.2 Å². The Labute approximate surface area is 147 Å². The van der Waals surface area contributed by atoms with E-state index in [0.717, 1.165) is 11.3 Å². The fourth-order valence-electron chi connectivity index (χ4n) is 2.91. The van der Waals surface area contributed by atoms with E-state index >= 15 is 0 Å². The molecule has 0 aliphatic carbocycles. The molecule has 1 amide bonds. The maximum atomic E-state index is 12.6. The molecule has 1 heterocycles. The predicted octanol–water partition coefficient (Wildman–Crippen LogP) is 4.58. The molecule has 24 heavy (non-hydrogen) atoms. The molecule has 0 N–H and O–H groups in total. The number of likely N-dealkylation sites (N-methyl/N-ethyl adjacent to an activating group) is 1. The van der Waals surface area contributed by atoms with Crippen LogP contribution in [-0.4, -0.2) is 30.0 Å². The van der Waals surface area contributed by atoms with Gasteiger partial charge in [0.25, 0.3) is 5.91 Å². The minimum Gasteiger partial charge on any atom is -0.481 e. The van der Waals surface area contributed by atoms with Crippen molar-refractivity contribution in [3.63, 3.8) is 0 Å². The summed E-state index contributed by atoms with van der Waals surface area (Å²) in [6.07, 6.45) is 4.07. The zero-order valence-corrected chi connectivity index (χ0v) is 14.8. The van der Waals surface area contributed by atoms with Crippen LogP contribution in [0.25, 0.3) is 6.08 Å². The maximum Gasteiger partial charge on any atom is 0.253 e. The number of hydrogen-bond donors (Lipinski definition) is 0. The number of hydrogen-bond acceptors (Lipinski definition) is 2. The number of ether oxygens (including phenoxy) is 1. The number of carbonyl (C=O) groups is 1. The van der Waals surface area contributed by atoms with Gasteiger partial charge in [-0.2, -0.15) is 0 Å². The standard InChI is InChI=1S/C20H20ClNO2/c1-14-7-8-18-15(11-14)9-10-20(2,24-18)13-22(3)19(23)16-5-4-6-17(21)12-16/h4-12H,13H2,1-3H3. The molecule has 3 rings (SSSR count). The summed E-state index contributed by atoms with van der Waals surface area (Å²) in [5, 5.41) is 0.554. The van der Waals surface area contributed by atoms with Crippen LogP contribution in [0.5, 0.6) is 5.75 Å². The highest BCUT2D eigenvalue weighted by molar-refractivity contribution is 6.30. The first-order chi connectivity index (χ1) is 11.4.